The maximum atomic E-state index is 13.9. The molecular formula is C57H86N8O8S4. The standard InChI is InChI=1S/C43H70N8O2S2.2C7H8O3S/c1-7-8-9-10-11-12-13-18-25-37-36(4)50-28-21-16-23-30-54-41-46-38(32-34(2)48(41)5)44-26-19-14-15-20-27-45-39-33-35(3)49(6)42(47-39)55-31-24-17-22-29-51(40(37)52)43(50)53;2*1-6-2-4-7(5-3-6)11(8,9)10/h32-33H,7-31H2,1-6H3;2*2-5H,1H3,(H,8,9,10). The van der Waals surface area contributed by atoms with Crippen molar-refractivity contribution in [1.82, 2.24) is 19.1 Å². The van der Waals surface area contributed by atoms with Crippen LogP contribution in [0.15, 0.2) is 90.4 Å². The number of hydrogen-bond donors (Lipinski definition) is 2. The molecule has 0 saturated heterocycles. The van der Waals surface area contributed by atoms with Crippen molar-refractivity contribution in [2.24, 2.45) is 14.1 Å². The van der Waals surface area contributed by atoms with Crippen LogP contribution in [0.1, 0.15) is 156 Å². The first-order chi connectivity index (χ1) is 36.7. The highest BCUT2D eigenvalue weighted by Gasteiger charge is 2.20. The van der Waals surface area contributed by atoms with E-state index in [0.717, 1.165) is 140 Å². The summed E-state index contributed by atoms with van der Waals surface area (Å²) in [6.45, 7) is 15.1. The Bertz CT molecular complexity index is 2880. The number of hydrogen-bond acceptors (Lipinski definition) is 14. The number of rotatable bonds is 11. The lowest BCUT2D eigenvalue weighted by atomic mass is 10.0. The summed E-state index contributed by atoms with van der Waals surface area (Å²) in [5.74, 6) is 3.81. The molecule has 16 nitrogen and oxygen atoms in total. The minimum atomic E-state index is -4.27. The van der Waals surface area contributed by atoms with E-state index in [1.807, 2.05) is 25.3 Å². The molecule has 20 heteroatoms. The normalized spacial score (nSPS) is 14.7. The summed E-state index contributed by atoms with van der Waals surface area (Å²) in [5.41, 5.74) is 5.74. The summed E-state index contributed by atoms with van der Waals surface area (Å²) in [5, 5.41) is 9.18. The molecule has 0 radical (unpaired) electrons. The van der Waals surface area contributed by atoms with E-state index in [9.17, 15) is 35.5 Å². The fraction of sp³-hybridized carbons (Fsp3) is 0.579. The maximum Gasteiger partial charge on any atom is 0.361 e. The van der Waals surface area contributed by atoms with Crippen LogP contribution in [0.3, 0.4) is 0 Å². The maximum absolute atomic E-state index is 13.9. The molecule has 1 aliphatic rings. The third kappa shape index (κ3) is 23.0. The molecule has 6 rings (SSSR count). The Kier molecular flexibility index (Phi) is 28.5. The summed E-state index contributed by atoms with van der Waals surface area (Å²) in [6.07, 6.45) is 20.9. The molecule has 426 valence electrons. The molecule has 2 N–H and O–H groups in total. The van der Waals surface area contributed by atoms with Gasteiger partial charge >= 0.3 is 16.0 Å². The number of aromatic nitrogens is 6. The van der Waals surface area contributed by atoms with Crippen molar-refractivity contribution in [3.63, 3.8) is 0 Å². The third-order valence-electron chi connectivity index (χ3n) is 13.7. The Morgan fingerprint density at radius 1 is 0.558 bits per heavy atom. The zero-order valence-electron chi connectivity index (χ0n) is 47.0. The highest BCUT2D eigenvalue weighted by molar-refractivity contribution is 7.99. The topological polar surface area (TPSA) is 216 Å². The van der Waals surface area contributed by atoms with Crippen LogP contribution in [0.25, 0.3) is 0 Å². The van der Waals surface area contributed by atoms with E-state index in [1.54, 1.807) is 52.4 Å². The van der Waals surface area contributed by atoms with E-state index < -0.39 is 20.2 Å². The smallest absolute Gasteiger partial charge is 0.361 e. The average Bonchev–Trinajstić information content (AvgIpc) is 3.39. The second-order valence-corrected chi connectivity index (χ2v) is 24.9. The molecule has 0 amide bonds. The lowest BCUT2D eigenvalue weighted by molar-refractivity contribution is -0.718. The van der Waals surface area contributed by atoms with E-state index in [-0.39, 0.29) is 21.0 Å². The highest BCUT2D eigenvalue weighted by atomic mass is 32.2. The van der Waals surface area contributed by atoms with Crippen LogP contribution in [-0.2, 0) is 53.8 Å². The number of thioether (sulfide) groups is 2. The van der Waals surface area contributed by atoms with Gasteiger partial charge in [-0.15, -0.1) is 0 Å². The van der Waals surface area contributed by atoms with Gasteiger partial charge in [0, 0.05) is 61.1 Å². The van der Waals surface area contributed by atoms with E-state index in [2.05, 4.69) is 66.8 Å². The van der Waals surface area contributed by atoms with Gasteiger partial charge in [0.1, 0.15) is 31.6 Å². The van der Waals surface area contributed by atoms with E-state index >= 15 is 0 Å². The summed E-state index contributed by atoms with van der Waals surface area (Å²) in [7, 11) is -4.37. The van der Waals surface area contributed by atoms with E-state index in [1.165, 1.54) is 87.0 Å². The first-order valence-corrected chi connectivity index (χ1v) is 32.4. The molecule has 0 fully saturated rings. The summed E-state index contributed by atoms with van der Waals surface area (Å²) in [4.78, 5) is 37.3. The Labute approximate surface area is 468 Å². The first kappa shape index (κ1) is 64.9. The SMILES string of the molecule is CCCCCCCCCCc1c(C)n2c(=O)n(c1=O)CCCCCSc1nc(cc(C)[n+]1C)NCCCCCCNc1cc(C)[n+](C)c(n1)SCCCCC2.Cc1ccc(S(=O)(=O)[O-])cc1.Cc1ccc(S(=O)(=O)[O-])cc1. The van der Waals surface area contributed by atoms with Gasteiger partial charge in [0.05, 0.1) is 23.9 Å². The Morgan fingerprint density at radius 2 is 0.961 bits per heavy atom. The van der Waals surface area contributed by atoms with E-state index in [4.69, 9.17) is 9.97 Å². The Morgan fingerprint density at radius 3 is 1.39 bits per heavy atom. The minimum absolute atomic E-state index is 0.0637. The number of aryl methyl sites for hydroxylation is 4. The quantitative estimate of drug-likeness (QED) is 0.0545. The van der Waals surface area contributed by atoms with Gasteiger partial charge < -0.3 is 19.7 Å². The van der Waals surface area contributed by atoms with Crippen LogP contribution < -0.4 is 31.0 Å². The van der Waals surface area contributed by atoms with Crippen molar-refractivity contribution < 1.29 is 35.1 Å². The lowest BCUT2D eigenvalue weighted by Crippen LogP contribution is -2.43. The van der Waals surface area contributed by atoms with Gasteiger partial charge in [0.2, 0.25) is 11.6 Å². The monoisotopic (exact) mass is 1140 g/mol. The largest absolute Gasteiger partial charge is 0.744 e. The van der Waals surface area contributed by atoms with Crippen LogP contribution in [-0.4, -0.2) is 69.6 Å². The minimum Gasteiger partial charge on any atom is -0.744 e. The van der Waals surface area contributed by atoms with Crippen LogP contribution >= 0.6 is 23.5 Å². The van der Waals surface area contributed by atoms with Crippen LogP contribution in [0.2, 0.25) is 0 Å². The van der Waals surface area contributed by atoms with Crippen molar-refractivity contribution in [3.05, 3.63) is 115 Å². The van der Waals surface area contributed by atoms with Crippen molar-refractivity contribution in [2.75, 3.05) is 35.2 Å². The number of fused-ring (bicyclic) bond motifs is 6. The fourth-order valence-electron chi connectivity index (χ4n) is 8.66. The predicted molar refractivity (Wildman–Crippen MR) is 309 cm³/mol. The first-order valence-electron chi connectivity index (χ1n) is 27.6. The molecular weight excluding hydrogens is 1050 g/mol. The second-order valence-electron chi connectivity index (χ2n) is 20.0. The van der Waals surface area contributed by atoms with E-state index in [0.29, 0.717) is 13.1 Å². The molecule has 1 aliphatic heterocycles. The number of nitrogens with one attached hydrogen (secondary N) is 2. The van der Waals surface area contributed by atoms with Crippen LogP contribution in [0.4, 0.5) is 11.6 Å². The van der Waals surface area contributed by atoms with Gasteiger partial charge in [-0.1, -0.05) is 113 Å². The molecule has 0 saturated carbocycles. The van der Waals surface area contributed by atoms with Crippen LogP contribution in [0.5, 0.6) is 0 Å². The molecule has 0 atom stereocenters. The summed E-state index contributed by atoms with van der Waals surface area (Å²) >= 11 is 3.59. The van der Waals surface area contributed by atoms with Crippen molar-refractivity contribution >= 4 is 55.4 Å². The molecule has 5 aromatic rings. The van der Waals surface area contributed by atoms with Gasteiger partial charge in [0.15, 0.2) is 0 Å². The second kappa shape index (κ2) is 33.7. The molecule has 0 aliphatic carbocycles. The Balaban J connectivity index is 0.000000475. The highest BCUT2D eigenvalue weighted by Crippen LogP contribution is 2.20. The zero-order valence-corrected chi connectivity index (χ0v) is 50.3. The Hall–Kier alpha value is -4.60. The summed E-state index contributed by atoms with van der Waals surface area (Å²) in [6, 6.07) is 15.8. The van der Waals surface area contributed by atoms with Gasteiger partial charge in [-0.05, 0) is 144 Å². The third-order valence-corrected chi connectivity index (χ3v) is 17.6. The number of nitrogens with zero attached hydrogens (tertiary/aromatic N) is 6. The number of benzene rings is 2. The molecule has 4 heterocycles. The zero-order chi connectivity index (χ0) is 56.4. The van der Waals surface area contributed by atoms with Gasteiger partial charge in [0.25, 0.3) is 5.56 Å². The summed E-state index contributed by atoms with van der Waals surface area (Å²) < 4.78 is 70.1. The van der Waals surface area contributed by atoms with Gasteiger partial charge in [-0.2, -0.15) is 0 Å². The van der Waals surface area contributed by atoms with Crippen molar-refractivity contribution in [3.8, 4) is 0 Å². The molecule has 0 unspecified atom stereocenters. The molecule has 2 aromatic carbocycles. The lowest BCUT2D eigenvalue weighted by Gasteiger charge is -2.17. The fourth-order valence-corrected chi connectivity index (χ4v) is 11.7. The molecule has 3 aromatic heterocycles. The molecule has 77 heavy (non-hydrogen) atoms. The molecule has 6 bridgehead atoms. The van der Waals surface area contributed by atoms with Gasteiger partial charge in [-0.3, -0.25) is 13.9 Å². The van der Waals surface area contributed by atoms with Crippen LogP contribution in [0, 0.1) is 34.6 Å². The predicted octanol–water partition coefficient (Wildman–Crippen LogP) is 10.2. The number of unbranched alkanes of at least 4 members (excludes halogenated alkanes) is 7. The van der Waals surface area contributed by atoms with Gasteiger partial charge in [-0.25, -0.2) is 30.8 Å². The average molecular weight is 1140 g/mol. The molecule has 0 spiro atoms. The van der Waals surface area contributed by atoms with Crippen molar-refractivity contribution in [2.45, 2.75) is 197 Å². The van der Waals surface area contributed by atoms with Crippen molar-refractivity contribution in [1.29, 1.82) is 0 Å². The number of anilines is 2.